The lowest BCUT2D eigenvalue weighted by atomic mass is 10.1. The molecule has 29 heavy (non-hydrogen) atoms. The molecule has 1 saturated heterocycles. The SMILES string of the molecule is CCCCCCCCC(=O)N1CCSC1c1ccc(OCc2ccccc2)cc1. The lowest BCUT2D eigenvalue weighted by Gasteiger charge is -2.24. The van der Waals surface area contributed by atoms with Crippen LogP contribution in [-0.4, -0.2) is 23.1 Å². The molecular formula is C25H33NO2S. The molecule has 2 aromatic rings. The Labute approximate surface area is 179 Å². The van der Waals surface area contributed by atoms with E-state index in [-0.39, 0.29) is 5.37 Å². The molecule has 1 heterocycles. The third-order valence-electron chi connectivity index (χ3n) is 5.37. The summed E-state index contributed by atoms with van der Waals surface area (Å²) >= 11 is 1.86. The quantitative estimate of drug-likeness (QED) is 0.391. The summed E-state index contributed by atoms with van der Waals surface area (Å²) in [6.45, 7) is 3.66. The summed E-state index contributed by atoms with van der Waals surface area (Å²) in [5, 5.41) is 0.144. The number of thioether (sulfide) groups is 1. The highest BCUT2D eigenvalue weighted by atomic mass is 32.2. The minimum atomic E-state index is 0.144. The fourth-order valence-corrected chi connectivity index (χ4v) is 4.95. The zero-order valence-electron chi connectivity index (χ0n) is 17.5. The largest absolute Gasteiger partial charge is 0.489 e. The molecule has 1 aliphatic heterocycles. The van der Waals surface area contributed by atoms with Gasteiger partial charge < -0.3 is 9.64 Å². The highest BCUT2D eigenvalue weighted by Crippen LogP contribution is 2.39. The summed E-state index contributed by atoms with van der Waals surface area (Å²) in [4.78, 5) is 14.8. The number of hydrogen-bond donors (Lipinski definition) is 0. The van der Waals surface area contributed by atoms with Crippen LogP contribution in [0.4, 0.5) is 0 Å². The van der Waals surface area contributed by atoms with Crippen molar-refractivity contribution in [2.45, 2.75) is 63.9 Å². The fourth-order valence-electron chi connectivity index (χ4n) is 3.67. The third-order valence-corrected chi connectivity index (χ3v) is 6.63. The molecular weight excluding hydrogens is 378 g/mol. The van der Waals surface area contributed by atoms with Gasteiger partial charge in [-0.25, -0.2) is 0 Å². The summed E-state index contributed by atoms with van der Waals surface area (Å²) in [6.07, 6.45) is 8.00. The van der Waals surface area contributed by atoms with E-state index in [0.29, 0.717) is 18.9 Å². The molecule has 3 nitrogen and oxygen atoms in total. The Bertz CT molecular complexity index is 732. The van der Waals surface area contributed by atoms with Crippen molar-refractivity contribution >= 4 is 17.7 Å². The molecule has 0 spiro atoms. The zero-order chi connectivity index (χ0) is 20.3. The van der Waals surface area contributed by atoms with Crippen LogP contribution in [0.5, 0.6) is 5.75 Å². The lowest BCUT2D eigenvalue weighted by Crippen LogP contribution is -2.30. The molecule has 0 saturated carbocycles. The highest BCUT2D eigenvalue weighted by molar-refractivity contribution is 7.99. The second kappa shape index (κ2) is 11.9. The molecule has 1 aliphatic rings. The molecule has 0 bridgehead atoms. The number of hydrogen-bond acceptors (Lipinski definition) is 3. The van der Waals surface area contributed by atoms with Crippen molar-refractivity contribution in [3.05, 3.63) is 65.7 Å². The van der Waals surface area contributed by atoms with Gasteiger partial charge in [0.1, 0.15) is 17.7 Å². The number of carbonyl (C=O) groups excluding carboxylic acids is 1. The average Bonchev–Trinajstić information content (AvgIpc) is 3.26. The maximum absolute atomic E-state index is 12.7. The predicted octanol–water partition coefficient (Wildman–Crippen LogP) is 6.59. The first kappa shape index (κ1) is 21.8. The van der Waals surface area contributed by atoms with Crippen molar-refractivity contribution in [1.82, 2.24) is 4.90 Å². The molecule has 0 radical (unpaired) electrons. The number of amides is 1. The van der Waals surface area contributed by atoms with Gasteiger partial charge in [0.15, 0.2) is 0 Å². The molecule has 1 unspecified atom stereocenters. The topological polar surface area (TPSA) is 29.5 Å². The van der Waals surface area contributed by atoms with Gasteiger partial charge in [0.25, 0.3) is 0 Å². The number of nitrogens with zero attached hydrogens (tertiary/aromatic N) is 1. The van der Waals surface area contributed by atoms with E-state index in [1.54, 1.807) is 0 Å². The zero-order valence-corrected chi connectivity index (χ0v) is 18.3. The smallest absolute Gasteiger partial charge is 0.223 e. The van der Waals surface area contributed by atoms with Crippen molar-refractivity contribution in [2.24, 2.45) is 0 Å². The molecule has 1 fully saturated rings. The standard InChI is InChI=1S/C25H33NO2S/c1-2-3-4-5-6-10-13-24(27)26-18-19-29-25(26)22-14-16-23(17-15-22)28-20-21-11-8-7-9-12-21/h7-9,11-12,14-17,25H,2-6,10,13,18-20H2,1H3. The number of unbranched alkanes of at least 4 members (excludes halogenated alkanes) is 5. The molecule has 1 amide bonds. The number of carbonyl (C=O) groups is 1. The maximum atomic E-state index is 12.7. The molecule has 156 valence electrons. The second-order valence-corrected chi connectivity index (χ2v) is 8.86. The van der Waals surface area contributed by atoms with E-state index in [4.69, 9.17) is 4.74 Å². The average molecular weight is 412 g/mol. The minimum Gasteiger partial charge on any atom is -0.489 e. The van der Waals surface area contributed by atoms with Crippen LogP contribution in [0.25, 0.3) is 0 Å². The van der Waals surface area contributed by atoms with Crippen molar-refractivity contribution in [3.8, 4) is 5.75 Å². The highest BCUT2D eigenvalue weighted by Gasteiger charge is 2.30. The van der Waals surface area contributed by atoms with Crippen LogP contribution in [-0.2, 0) is 11.4 Å². The van der Waals surface area contributed by atoms with Gasteiger partial charge in [0.05, 0.1) is 0 Å². The molecule has 0 aromatic heterocycles. The van der Waals surface area contributed by atoms with Crippen molar-refractivity contribution in [1.29, 1.82) is 0 Å². The van der Waals surface area contributed by atoms with E-state index in [1.165, 1.54) is 37.7 Å². The van der Waals surface area contributed by atoms with E-state index < -0.39 is 0 Å². The van der Waals surface area contributed by atoms with Crippen molar-refractivity contribution < 1.29 is 9.53 Å². The minimum absolute atomic E-state index is 0.144. The van der Waals surface area contributed by atoms with E-state index in [1.807, 2.05) is 42.1 Å². The molecule has 2 aromatic carbocycles. The Hall–Kier alpha value is -1.94. The first-order valence-corrected chi connectivity index (χ1v) is 12.0. The summed E-state index contributed by atoms with van der Waals surface area (Å²) in [5.41, 5.74) is 2.35. The summed E-state index contributed by atoms with van der Waals surface area (Å²) in [6, 6.07) is 18.4. The third kappa shape index (κ3) is 6.81. The first-order chi connectivity index (χ1) is 14.3. The molecule has 3 rings (SSSR count). The Kier molecular flexibility index (Phi) is 8.94. The van der Waals surface area contributed by atoms with Gasteiger partial charge in [0.2, 0.25) is 5.91 Å². The first-order valence-electron chi connectivity index (χ1n) is 11.0. The second-order valence-electron chi connectivity index (χ2n) is 7.67. The van der Waals surface area contributed by atoms with Gasteiger partial charge in [-0.2, -0.15) is 0 Å². The van der Waals surface area contributed by atoms with Crippen LogP contribution < -0.4 is 4.74 Å². The van der Waals surface area contributed by atoms with Gasteiger partial charge in [-0.15, -0.1) is 11.8 Å². The van der Waals surface area contributed by atoms with Crippen LogP contribution in [0.2, 0.25) is 0 Å². The number of ether oxygens (including phenoxy) is 1. The molecule has 0 N–H and O–H groups in total. The van der Waals surface area contributed by atoms with Gasteiger partial charge in [-0.1, -0.05) is 81.5 Å². The summed E-state index contributed by atoms with van der Waals surface area (Å²) < 4.78 is 5.89. The van der Waals surface area contributed by atoms with Crippen LogP contribution in [0.3, 0.4) is 0 Å². The monoisotopic (exact) mass is 411 g/mol. The molecule has 4 heteroatoms. The van der Waals surface area contributed by atoms with Gasteiger partial charge in [-0.05, 0) is 29.7 Å². The Balaban J connectivity index is 1.47. The van der Waals surface area contributed by atoms with Crippen molar-refractivity contribution in [3.63, 3.8) is 0 Å². The maximum Gasteiger partial charge on any atom is 0.223 e. The summed E-state index contributed by atoms with van der Waals surface area (Å²) in [7, 11) is 0. The Morgan fingerprint density at radius 1 is 1.00 bits per heavy atom. The van der Waals surface area contributed by atoms with E-state index in [2.05, 4.69) is 36.1 Å². The predicted molar refractivity (Wildman–Crippen MR) is 122 cm³/mol. The van der Waals surface area contributed by atoms with Gasteiger partial charge in [0, 0.05) is 18.7 Å². The number of rotatable bonds is 11. The van der Waals surface area contributed by atoms with Crippen molar-refractivity contribution in [2.75, 3.05) is 12.3 Å². The van der Waals surface area contributed by atoms with Crippen LogP contribution in [0, 0.1) is 0 Å². The van der Waals surface area contributed by atoms with Crippen LogP contribution in [0.15, 0.2) is 54.6 Å². The van der Waals surface area contributed by atoms with E-state index in [0.717, 1.165) is 30.0 Å². The van der Waals surface area contributed by atoms with Gasteiger partial charge >= 0.3 is 0 Å². The van der Waals surface area contributed by atoms with E-state index in [9.17, 15) is 4.79 Å². The Morgan fingerprint density at radius 2 is 1.72 bits per heavy atom. The lowest BCUT2D eigenvalue weighted by molar-refractivity contribution is -0.131. The Morgan fingerprint density at radius 3 is 2.48 bits per heavy atom. The fraction of sp³-hybridized carbons (Fsp3) is 0.480. The van der Waals surface area contributed by atoms with Crippen LogP contribution in [0.1, 0.15) is 68.4 Å². The van der Waals surface area contributed by atoms with E-state index >= 15 is 0 Å². The van der Waals surface area contributed by atoms with Gasteiger partial charge in [-0.3, -0.25) is 4.79 Å². The normalized spacial score (nSPS) is 16.2. The molecule has 0 aliphatic carbocycles. The molecule has 1 atom stereocenters. The van der Waals surface area contributed by atoms with Crippen LogP contribution >= 0.6 is 11.8 Å². The number of benzene rings is 2. The summed E-state index contributed by atoms with van der Waals surface area (Å²) in [5.74, 6) is 2.18.